The fraction of sp³-hybridized carbons (Fsp3) is 0.300. The Morgan fingerprint density at radius 1 is 1.21 bits per heavy atom. The molecule has 2 amide bonds. The monoisotopic (exact) mass is 397 g/mol. The van der Waals surface area contributed by atoms with Crippen molar-refractivity contribution in [3.05, 3.63) is 65.4 Å². The molecule has 0 aliphatic carbocycles. The van der Waals surface area contributed by atoms with Crippen molar-refractivity contribution >= 4 is 17.6 Å². The zero-order valence-electron chi connectivity index (χ0n) is 15.8. The van der Waals surface area contributed by atoms with Crippen LogP contribution in [-0.2, 0) is 0 Å². The summed E-state index contributed by atoms with van der Waals surface area (Å²) in [4.78, 5) is 26.6. The second kappa shape index (κ2) is 7.86. The summed E-state index contributed by atoms with van der Waals surface area (Å²) in [5, 5.41) is 10.9. The Morgan fingerprint density at radius 2 is 2.00 bits per heavy atom. The molecule has 3 heterocycles. The Labute approximate surface area is 166 Å². The highest BCUT2D eigenvalue weighted by atomic mass is 19.1. The number of carbonyl (C=O) groups is 2. The SMILES string of the molecule is Cc1cc(C(=O)N2CCC(n3nccc3NC(=O)c3cccc(F)c3)CC2)no1. The lowest BCUT2D eigenvalue weighted by molar-refractivity contribution is 0.0680. The molecule has 0 atom stereocenters. The molecule has 1 aliphatic rings. The minimum atomic E-state index is -0.467. The highest BCUT2D eigenvalue weighted by Gasteiger charge is 2.27. The molecule has 1 aromatic carbocycles. The number of hydrogen-bond acceptors (Lipinski definition) is 5. The van der Waals surface area contributed by atoms with Crippen LogP contribution in [0.15, 0.2) is 47.1 Å². The van der Waals surface area contributed by atoms with Crippen molar-refractivity contribution in [2.75, 3.05) is 18.4 Å². The standard InChI is InChI=1S/C20H20FN5O3/c1-13-11-17(24-29-13)20(28)25-9-6-16(7-10-25)26-18(5-8-22-26)23-19(27)14-3-2-4-15(21)12-14/h2-5,8,11-12,16H,6-7,9-10H2,1H3,(H,23,27). The first-order valence-corrected chi connectivity index (χ1v) is 9.34. The molecule has 3 aromatic rings. The molecule has 1 N–H and O–H groups in total. The zero-order valence-corrected chi connectivity index (χ0v) is 15.8. The normalized spacial score (nSPS) is 14.8. The van der Waals surface area contributed by atoms with Gasteiger partial charge in [-0.15, -0.1) is 0 Å². The maximum absolute atomic E-state index is 13.4. The number of nitrogens with one attached hydrogen (secondary N) is 1. The lowest BCUT2D eigenvalue weighted by Gasteiger charge is -2.32. The molecule has 4 rings (SSSR count). The number of rotatable bonds is 4. The van der Waals surface area contributed by atoms with E-state index in [-0.39, 0.29) is 17.5 Å². The summed E-state index contributed by atoms with van der Waals surface area (Å²) in [6, 6.07) is 8.88. The Morgan fingerprint density at radius 3 is 2.69 bits per heavy atom. The summed E-state index contributed by atoms with van der Waals surface area (Å²) in [7, 11) is 0. The molecule has 0 unspecified atom stereocenters. The van der Waals surface area contributed by atoms with E-state index in [2.05, 4.69) is 15.6 Å². The van der Waals surface area contributed by atoms with Crippen LogP contribution in [0, 0.1) is 12.7 Å². The van der Waals surface area contributed by atoms with Crippen LogP contribution >= 0.6 is 0 Å². The van der Waals surface area contributed by atoms with Crippen molar-refractivity contribution in [2.24, 2.45) is 0 Å². The quantitative estimate of drug-likeness (QED) is 0.730. The average molecular weight is 397 g/mol. The van der Waals surface area contributed by atoms with Crippen LogP contribution in [0.2, 0.25) is 0 Å². The van der Waals surface area contributed by atoms with Crippen molar-refractivity contribution in [2.45, 2.75) is 25.8 Å². The third-order valence-electron chi connectivity index (χ3n) is 4.94. The van der Waals surface area contributed by atoms with Crippen molar-refractivity contribution in [3.63, 3.8) is 0 Å². The minimum absolute atomic E-state index is 0.0379. The maximum atomic E-state index is 13.4. The van der Waals surface area contributed by atoms with Gasteiger partial charge in [0.05, 0.1) is 12.2 Å². The number of halogens is 1. The Balaban J connectivity index is 1.40. The van der Waals surface area contributed by atoms with Gasteiger partial charge in [-0.2, -0.15) is 5.10 Å². The van der Waals surface area contributed by atoms with E-state index < -0.39 is 11.7 Å². The van der Waals surface area contributed by atoms with E-state index in [1.165, 1.54) is 18.2 Å². The Hall–Kier alpha value is -3.49. The number of hydrogen-bond donors (Lipinski definition) is 1. The van der Waals surface area contributed by atoms with Gasteiger partial charge in [0.15, 0.2) is 5.69 Å². The van der Waals surface area contributed by atoms with Gasteiger partial charge < -0.3 is 14.7 Å². The molecule has 9 heteroatoms. The molecule has 0 spiro atoms. The lowest BCUT2D eigenvalue weighted by Crippen LogP contribution is -2.39. The lowest BCUT2D eigenvalue weighted by atomic mass is 10.0. The van der Waals surface area contributed by atoms with Crippen LogP contribution in [0.5, 0.6) is 0 Å². The highest BCUT2D eigenvalue weighted by molar-refractivity contribution is 6.03. The first kappa shape index (κ1) is 18.9. The second-order valence-corrected chi connectivity index (χ2v) is 6.97. The molecule has 0 radical (unpaired) electrons. The topological polar surface area (TPSA) is 93.3 Å². The summed E-state index contributed by atoms with van der Waals surface area (Å²) in [6.45, 7) is 2.84. The smallest absolute Gasteiger partial charge is 0.276 e. The molecule has 1 fully saturated rings. The predicted molar refractivity (Wildman–Crippen MR) is 102 cm³/mol. The number of anilines is 1. The van der Waals surface area contributed by atoms with E-state index in [4.69, 9.17) is 4.52 Å². The second-order valence-electron chi connectivity index (χ2n) is 6.97. The van der Waals surface area contributed by atoms with Gasteiger partial charge in [0.25, 0.3) is 11.8 Å². The molecule has 0 saturated carbocycles. The minimum Gasteiger partial charge on any atom is -0.361 e. The van der Waals surface area contributed by atoms with Crippen LogP contribution in [0.25, 0.3) is 0 Å². The van der Waals surface area contributed by atoms with Gasteiger partial charge >= 0.3 is 0 Å². The van der Waals surface area contributed by atoms with Crippen LogP contribution in [0.1, 0.15) is 45.5 Å². The number of aryl methyl sites for hydroxylation is 1. The average Bonchev–Trinajstić information content (AvgIpc) is 3.36. The molecule has 1 aliphatic heterocycles. The molecule has 1 saturated heterocycles. The van der Waals surface area contributed by atoms with E-state index in [0.717, 1.165) is 0 Å². The van der Waals surface area contributed by atoms with Crippen LogP contribution in [0.3, 0.4) is 0 Å². The summed E-state index contributed by atoms with van der Waals surface area (Å²) >= 11 is 0. The Bertz CT molecular complexity index is 1040. The number of aromatic nitrogens is 3. The molecule has 29 heavy (non-hydrogen) atoms. The van der Waals surface area contributed by atoms with Gasteiger partial charge in [-0.3, -0.25) is 9.59 Å². The van der Waals surface area contributed by atoms with E-state index in [1.807, 2.05) is 0 Å². The van der Waals surface area contributed by atoms with E-state index in [0.29, 0.717) is 43.2 Å². The summed E-state index contributed by atoms with van der Waals surface area (Å²) < 4.78 is 20.1. The van der Waals surface area contributed by atoms with Gasteiger partial charge in [0, 0.05) is 30.8 Å². The van der Waals surface area contributed by atoms with Crippen molar-refractivity contribution in [3.8, 4) is 0 Å². The molecule has 150 valence electrons. The van der Waals surface area contributed by atoms with Crippen molar-refractivity contribution < 1.29 is 18.5 Å². The number of piperidine rings is 1. The van der Waals surface area contributed by atoms with Gasteiger partial charge in [-0.1, -0.05) is 11.2 Å². The van der Waals surface area contributed by atoms with E-state index in [9.17, 15) is 14.0 Å². The van der Waals surface area contributed by atoms with Crippen molar-refractivity contribution in [1.29, 1.82) is 0 Å². The highest BCUT2D eigenvalue weighted by Crippen LogP contribution is 2.26. The summed E-state index contributed by atoms with van der Waals surface area (Å²) in [5.74, 6) is 0.112. The Kier molecular flexibility index (Phi) is 5.11. The van der Waals surface area contributed by atoms with Gasteiger partial charge in [0.2, 0.25) is 0 Å². The molecule has 8 nitrogen and oxygen atoms in total. The molecule has 2 aromatic heterocycles. The van der Waals surface area contributed by atoms with Crippen LogP contribution in [0.4, 0.5) is 10.2 Å². The van der Waals surface area contributed by atoms with E-state index in [1.54, 1.807) is 40.9 Å². The van der Waals surface area contributed by atoms with Crippen LogP contribution < -0.4 is 5.32 Å². The predicted octanol–water partition coefficient (Wildman–Crippen LogP) is 3.05. The number of carbonyl (C=O) groups excluding carboxylic acids is 2. The van der Waals surface area contributed by atoms with Gasteiger partial charge in [0.1, 0.15) is 17.4 Å². The van der Waals surface area contributed by atoms with Gasteiger partial charge in [-0.05, 0) is 38.0 Å². The number of amides is 2. The van der Waals surface area contributed by atoms with E-state index >= 15 is 0 Å². The van der Waals surface area contributed by atoms with Crippen molar-refractivity contribution in [1.82, 2.24) is 19.8 Å². The number of benzene rings is 1. The third-order valence-corrected chi connectivity index (χ3v) is 4.94. The fourth-order valence-electron chi connectivity index (χ4n) is 3.47. The van der Waals surface area contributed by atoms with Crippen LogP contribution in [-0.4, -0.2) is 44.7 Å². The molecular formula is C20H20FN5O3. The van der Waals surface area contributed by atoms with Gasteiger partial charge in [-0.25, -0.2) is 9.07 Å². The number of nitrogens with zero attached hydrogens (tertiary/aromatic N) is 4. The molecular weight excluding hydrogens is 377 g/mol. The maximum Gasteiger partial charge on any atom is 0.276 e. The first-order chi connectivity index (χ1) is 14.0. The molecule has 0 bridgehead atoms. The zero-order chi connectivity index (χ0) is 20.4. The summed E-state index contributed by atoms with van der Waals surface area (Å²) in [5.41, 5.74) is 0.546. The third kappa shape index (κ3) is 4.03. The largest absolute Gasteiger partial charge is 0.361 e. The fourth-order valence-corrected chi connectivity index (χ4v) is 3.47. The summed E-state index contributed by atoms with van der Waals surface area (Å²) in [6.07, 6.45) is 2.98. The first-order valence-electron chi connectivity index (χ1n) is 9.34. The number of likely N-dealkylation sites (tertiary alicyclic amines) is 1.